The van der Waals surface area contributed by atoms with Gasteiger partial charge in [0.2, 0.25) is 11.8 Å². The number of carbonyl (C=O) groups is 2. The Morgan fingerprint density at radius 2 is 1.91 bits per heavy atom. The van der Waals surface area contributed by atoms with Crippen LogP contribution in [0.2, 0.25) is 0 Å². The van der Waals surface area contributed by atoms with Gasteiger partial charge in [0.15, 0.2) is 0 Å². The van der Waals surface area contributed by atoms with E-state index < -0.39 is 0 Å². The third kappa shape index (κ3) is 6.83. The molecule has 0 aliphatic rings. The maximum absolute atomic E-state index is 10.8. The van der Waals surface area contributed by atoms with Crippen LogP contribution in [0.15, 0.2) is 0 Å². The van der Waals surface area contributed by atoms with Crippen LogP contribution in [-0.4, -0.2) is 24.4 Å². The van der Waals surface area contributed by atoms with Gasteiger partial charge in [0, 0.05) is 13.0 Å². The van der Waals surface area contributed by atoms with Gasteiger partial charge in [-0.2, -0.15) is 0 Å². The zero-order chi connectivity index (χ0) is 8.85. The van der Waals surface area contributed by atoms with Crippen molar-refractivity contribution < 1.29 is 9.59 Å². The summed E-state index contributed by atoms with van der Waals surface area (Å²) in [4.78, 5) is 21.2. The first-order valence-corrected chi connectivity index (χ1v) is 3.56. The van der Waals surface area contributed by atoms with E-state index in [9.17, 15) is 9.59 Å². The van der Waals surface area contributed by atoms with Gasteiger partial charge in [-0.1, -0.05) is 0 Å². The third-order valence-corrected chi connectivity index (χ3v) is 0.948. The Labute approximate surface area is 66.4 Å². The molecule has 4 nitrogen and oxygen atoms in total. The molecule has 2 amide bonds. The smallest absolute Gasteiger partial charge is 0.239 e. The summed E-state index contributed by atoms with van der Waals surface area (Å²) in [7, 11) is 0. The van der Waals surface area contributed by atoms with E-state index in [-0.39, 0.29) is 24.4 Å². The summed E-state index contributed by atoms with van der Waals surface area (Å²) in [5.41, 5.74) is 0. The minimum Gasteiger partial charge on any atom is -0.352 e. The normalized spacial score (nSPS) is 9.45. The highest BCUT2D eigenvalue weighted by molar-refractivity contribution is 5.83. The fraction of sp³-hybridized carbons (Fsp3) is 0.714. The molecule has 11 heavy (non-hydrogen) atoms. The van der Waals surface area contributed by atoms with Gasteiger partial charge in [0.1, 0.15) is 0 Å². The van der Waals surface area contributed by atoms with Crippen LogP contribution in [0.1, 0.15) is 20.8 Å². The highest BCUT2D eigenvalue weighted by Gasteiger charge is 2.02. The van der Waals surface area contributed by atoms with Gasteiger partial charge < -0.3 is 10.6 Å². The molecule has 4 heteroatoms. The van der Waals surface area contributed by atoms with Gasteiger partial charge in [-0.25, -0.2) is 0 Å². The molecule has 0 atom stereocenters. The molecule has 0 heterocycles. The van der Waals surface area contributed by atoms with Crippen LogP contribution in [-0.2, 0) is 9.59 Å². The minimum absolute atomic E-state index is 0.0630. The molecule has 0 fully saturated rings. The van der Waals surface area contributed by atoms with Crippen LogP contribution in [0.25, 0.3) is 0 Å². The Bertz CT molecular complexity index is 155. The molecule has 0 aromatic rings. The zero-order valence-corrected chi connectivity index (χ0v) is 7.10. The second-order valence-electron chi connectivity index (χ2n) is 2.63. The number of rotatable bonds is 3. The van der Waals surface area contributed by atoms with E-state index in [1.165, 1.54) is 6.92 Å². The fourth-order valence-corrected chi connectivity index (χ4v) is 0.578. The number of hydrogen-bond donors (Lipinski definition) is 2. The number of amides is 2. The molecule has 2 N–H and O–H groups in total. The predicted molar refractivity (Wildman–Crippen MR) is 42.0 cm³/mol. The Balaban J connectivity index is 3.45. The molecule has 0 bridgehead atoms. The SMILES string of the molecule is CC(=O)NCC(=O)NC(C)C. The van der Waals surface area contributed by atoms with Gasteiger partial charge in [0.25, 0.3) is 0 Å². The Hall–Kier alpha value is -1.06. The lowest BCUT2D eigenvalue weighted by atomic mass is 10.4. The van der Waals surface area contributed by atoms with Crippen molar-refractivity contribution in [2.75, 3.05) is 6.54 Å². The third-order valence-electron chi connectivity index (χ3n) is 0.948. The lowest BCUT2D eigenvalue weighted by Crippen LogP contribution is -2.39. The molecule has 0 unspecified atom stereocenters. The molecule has 0 aromatic heterocycles. The summed E-state index contributed by atoms with van der Waals surface area (Å²) in [5, 5.41) is 5.04. The van der Waals surface area contributed by atoms with Gasteiger partial charge in [-0.05, 0) is 13.8 Å². The van der Waals surface area contributed by atoms with E-state index in [4.69, 9.17) is 0 Å². The highest BCUT2D eigenvalue weighted by atomic mass is 16.2. The maximum Gasteiger partial charge on any atom is 0.239 e. The summed E-state index contributed by atoms with van der Waals surface area (Å²) in [6.07, 6.45) is 0. The van der Waals surface area contributed by atoms with Crippen molar-refractivity contribution in [3.05, 3.63) is 0 Å². The van der Waals surface area contributed by atoms with E-state index in [1.54, 1.807) is 0 Å². The summed E-state index contributed by atoms with van der Waals surface area (Å²) in [6, 6.07) is 0.122. The first-order chi connectivity index (χ1) is 5.02. The second kappa shape index (κ2) is 4.71. The van der Waals surface area contributed by atoms with Gasteiger partial charge in [-0.3, -0.25) is 9.59 Å². The summed E-state index contributed by atoms with van der Waals surface area (Å²) in [6.45, 7) is 5.17. The molecule has 0 spiro atoms. The molecule has 0 saturated carbocycles. The summed E-state index contributed by atoms with van der Waals surface area (Å²) < 4.78 is 0. The molecular formula is C7H14N2O2. The van der Waals surface area contributed by atoms with Crippen LogP contribution in [0.5, 0.6) is 0 Å². The van der Waals surface area contributed by atoms with Crippen molar-refractivity contribution in [1.29, 1.82) is 0 Å². The van der Waals surface area contributed by atoms with Crippen molar-refractivity contribution in [3.8, 4) is 0 Å². The van der Waals surface area contributed by atoms with Crippen LogP contribution < -0.4 is 10.6 Å². The van der Waals surface area contributed by atoms with E-state index >= 15 is 0 Å². The molecule has 64 valence electrons. The van der Waals surface area contributed by atoms with Crippen molar-refractivity contribution in [1.82, 2.24) is 10.6 Å². The topological polar surface area (TPSA) is 58.2 Å². The van der Waals surface area contributed by atoms with Crippen LogP contribution >= 0.6 is 0 Å². The van der Waals surface area contributed by atoms with Gasteiger partial charge in [0.05, 0.1) is 6.54 Å². The van der Waals surface area contributed by atoms with Gasteiger partial charge in [-0.15, -0.1) is 0 Å². The Morgan fingerprint density at radius 1 is 1.36 bits per heavy atom. The lowest BCUT2D eigenvalue weighted by molar-refractivity contribution is -0.125. The first kappa shape index (κ1) is 9.94. The van der Waals surface area contributed by atoms with E-state index in [2.05, 4.69) is 10.6 Å². The number of hydrogen-bond acceptors (Lipinski definition) is 2. The highest BCUT2D eigenvalue weighted by Crippen LogP contribution is 1.75. The molecule has 0 saturated heterocycles. The molecule has 0 aliphatic heterocycles. The van der Waals surface area contributed by atoms with E-state index in [0.29, 0.717) is 0 Å². The van der Waals surface area contributed by atoms with Crippen LogP contribution in [0, 0.1) is 0 Å². The van der Waals surface area contributed by atoms with Crippen LogP contribution in [0.4, 0.5) is 0 Å². The minimum atomic E-state index is -0.191. The monoisotopic (exact) mass is 158 g/mol. The average molecular weight is 158 g/mol. The fourth-order valence-electron chi connectivity index (χ4n) is 0.578. The second-order valence-corrected chi connectivity index (χ2v) is 2.63. The number of carbonyl (C=O) groups excluding carboxylic acids is 2. The standard InChI is InChI=1S/C7H14N2O2/c1-5(2)9-7(11)4-8-6(3)10/h5H,4H2,1-3H3,(H,8,10)(H,9,11). The quantitative estimate of drug-likeness (QED) is 0.589. The van der Waals surface area contributed by atoms with Crippen molar-refractivity contribution in [2.45, 2.75) is 26.8 Å². The number of nitrogens with one attached hydrogen (secondary N) is 2. The predicted octanol–water partition coefficient (Wildman–Crippen LogP) is -0.353. The Morgan fingerprint density at radius 3 is 2.27 bits per heavy atom. The van der Waals surface area contributed by atoms with Crippen molar-refractivity contribution in [3.63, 3.8) is 0 Å². The zero-order valence-electron chi connectivity index (χ0n) is 7.10. The van der Waals surface area contributed by atoms with E-state index in [0.717, 1.165) is 0 Å². The van der Waals surface area contributed by atoms with Crippen molar-refractivity contribution >= 4 is 11.8 Å². The summed E-state index contributed by atoms with van der Waals surface area (Å²) >= 11 is 0. The Kier molecular flexibility index (Phi) is 4.26. The van der Waals surface area contributed by atoms with Gasteiger partial charge >= 0.3 is 0 Å². The molecule has 0 radical (unpaired) electrons. The first-order valence-electron chi connectivity index (χ1n) is 3.56. The van der Waals surface area contributed by atoms with Crippen molar-refractivity contribution in [2.24, 2.45) is 0 Å². The molecular weight excluding hydrogens is 144 g/mol. The molecule has 0 rings (SSSR count). The lowest BCUT2D eigenvalue weighted by Gasteiger charge is -2.07. The van der Waals surface area contributed by atoms with Crippen LogP contribution in [0.3, 0.4) is 0 Å². The molecule has 0 aliphatic carbocycles. The van der Waals surface area contributed by atoms with E-state index in [1.807, 2.05) is 13.8 Å². The average Bonchev–Trinajstić information content (AvgIpc) is 1.82. The molecule has 0 aromatic carbocycles. The maximum atomic E-state index is 10.8. The largest absolute Gasteiger partial charge is 0.352 e. The summed E-state index contributed by atoms with van der Waals surface area (Å²) in [5.74, 6) is -0.348.